The summed E-state index contributed by atoms with van der Waals surface area (Å²) in [5.74, 6) is -0.0898. The molecule has 1 fully saturated rings. The maximum atomic E-state index is 11.9. The minimum absolute atomic E-state index is 0.00349. The fraction of sp³-hybridized carbons (Fsp3) is 0.474. The Morgan fingerprint density at radius 2 is 1.81 bits per heavy atom. The minimum Gasteiger partial charge on any atom is -0.465 e. The van der Waals surface area contributed by atoms with E-state index in [1.54, 1.807) is 18.2 Å². The highest BCUT2D eigenvalue weighted by molar-refractivity contribution is 8.13. The highest BCUT2D eigenvalue weighted by Crippen LogP contribution is 2.39. The molecule has 5 nitrogen and oxygen atoms in total. The Labute approximate surface area is 169 Å². The number of rotatable bonds is 5. The molecule has 1 aromatic rings. The Bertz CT molecular complexity index is 759. The van der Waals surface area contributed by atoms with E-state index in [4.69, 9.17) is 25.6 Å². The largest absolute Gasteiger partial charge is 0.491 e. The fourth-order valence-electron chi connectivity index (χ4n) is 2.47. The molecule has 1 aliphatic heterocycles. The molecule has 0 bridgehead atoms. The molecule has 0 unspecified atom stereocenters. The van der Waals surface area contributed by atoms with Gasteiger partial charge in [-0.3, -0.25) is 4.79 Å². The van der Waals surface area contributed by atoms with Gasteiger partial charge in [-0.15, -0.1) is 0 Å². The Hall–Kier alpha value is -1.28. The number of ether oxygens (including phenoxy) is 1. The zero-order valence-corrected chi connectivity index (χ0v) is 18.0. The standard InChI is InChI=1S/C19H24BClO5S/c1-12(22)27-11-14(20-25-18(2,3)19(4,5)26-20)9-13-7-8-16(21)15(10-13)17(23)24-6/h7-10H,11H2,1-6H3. The van der Waals surface area contributed by atoms with Crippen molar-refractivity contribution in [2.45, 2.75) is 45.8 Å². The molecule has 1 aliphatic rings. The maximum absolute atomic E-state index is 11.9. The van der Waals surface area contributed by atoms with Gasteiger partial charge in [0.1, 0.15) is 0 Å². The molecule has 1 saturated heterocycles. The Kier molecular flexibility index (Phi) is 6.84. The van der Waals surface area contributed by atoms with Crippen LogP contribution in [0.2, 0.25) is 5.02 Å². The molecule has 0 aromatic heterocycles. The van der Waals surface area contributed by atoms with Crippen LogP contribution in [-0.4, -0.2) is 42.3 Å². The van der Waals surface area contributed by atoms with Crippen LogP contribution >= 0.6 is 23.4 Å². The monoisotopic (exact) mass is 410 g/mol. The lowest BCUT2D eigenvalue weighted by atomic mass is 9.78. The zero-order chi connectivity index (χ0) is 20.4. The molecule has 0 amide bonds. The SMILES string of the molecule is COC(=O)c1cc(C=C(CSC(C)=O)B2OC(C)(C)C(C)(C)O2)ccc1Cl. The van der Waals surface area contributed by atoms with E-state index in [0.717, 1.165) is 11.0 Å². The summed E-state index contributed by atoms with van der Waals surface area (Å²) in [6, 6.07) is 5.08. The van der Waals surface area contributed by atoms with Crippen molar-refractivity contribution in [1.29, 1.82) is 0 Å². The summed E-state index contributed by atoms with van der Waals surface area (Å²) in [7, 11) is 0.722. The molecule has 0 N–H and O–H groups in total. The normalized spacial score (nSPS) is 18.5. The molecule has 0 atom stereocenters. The number of benzene rings is 1. The predicted octanol–water partition coefficient (Wildman–Crippen LogP) is 4.42. The Morgan fingerprint density at radius 3 is 2.33 bits per heavy atom. The highest BCUT2D eigenvalue weighted by atomic mass is 35.5. The van der Waals surface area contributed by atoms with Crippen LogP contribution in [0.25, 0.3) is 6.08 Å². The number of carbonyl (C=O) groups is 2. The average Bonchev–Trinajstić information content (AvgIpc) is 2.79. The Morgan fingerprint density at radius 1 is 1.22 bits per heavy atom. The van der Waals surface area contributed by atoms with Crippen molar-refractivity contribution in [2.75, 3.05) is 12.9 Å². The van der Waals surface area contributed by atoms with Gasteiger partial charge in [-0.2, -0.15) is 0 Å². The van der Waals surface area contributed by atoms with Gasteiger partial charge in [0.15, 0.2) is 5.12 Å². The van der Waals surface area contributed by atoms with E-state index in [9.17, 15) is 9.59 Å². The third kappa shape index (κ3) is 5.16. The van der Waals surface area contributed by atoms with Crippen LogP contribution < -0.4 is 0 Å². The van der Waals surface area contributed by atoms with Crippen LogP contribution in [-0.2, 0) is 18.8 Å². The topological polar surface area (TPSA) is 61.8 Å². The van der Waals surface area contributed by atoms with Gasteiger partial charge in [0, 0.05) is 12.7 Å². The van der Waals surface area contributed by atoms with Gasteiger partial charge in [0.2, 0.25) is 0 Å². The molecule has 146 valence electrons. The van der Waals surface area contributed by atoms with Crippen molar-refractivity contribution in [1.82, 2.24) is 0 Å². The smallest absolute Gasteiger partial charge is 0.465 e. The summed E-state index contributed by atoms with van der Waals surface area (Å²) in [5, 5.41) is 0.318. The highest BCUT2D eigenvalue weighted by Gasteiger charge is 2.52. The molecule has 0 saturated carbocycles. The summed E-state index contributed by atoms with van der Waals surface area (Å²) >= 11 is 7.27. The summed E-state index contributed by atoms with van der Waals surface area (Å²) < 4.78 is 17.0. The zero-order valence-electron chi connectivity index (χ0n) is 16.4. The van der Waals surface area contributed by atoms with Crippen LogP contribution in [0, 0.1) is 0 Å². The summed E-state index contributed by atoms with van der Waals surface area (Å²) in [4.78, 5) is 23.4. The number of methoxy groups -OCH3 is 1. The molecule has 8 heteroatoms. The van der Waals surface area contributed by atoms with Gasteiger partial charge in [-0.05, 0) is 50.9 Å². The first kappa shape index (κ1) is 22.0. The number of hydrogen-bond donors (Lipinski definition) is 0. The molecule has 1 heterocycles. The first-order valence-electron chi connectivity index (χ1n) is 8.54. The van der Waals surface area contributed by atoms with Gasteiger partial charge in [0.05, 0.1) is 28.9 Å². The van der Waals surface area contributed by atoms with E-state index in [1.807, 2.05) is 33.8 Å². The van der Waals surface area contributed by atoms with E-state index in [2.05, 4.69) is 0 Å². The number of carbonyl (C=O) groups excluding carboxylic acids is 2. The second-order valence-corrected chi connectivity index (χ2v) is 8.88. The van der Waals surface area contributed by atoms with Gasteiger partial charge in [0.25, 0.3) is 0 Å². The minimum atomic E-state index is -0.584. The third-order valence-electron chi connectivity index (χ3n) is 4.75. The number of halogens is 1. The lowest BCUT2D eigenvalue weighted by Gasteiger charge is -2.32. The van der Waals surface area contributed by atoms with Crippen molar-refractivity contribution in [2.24, 2.45) is 0 Å². The molecular weight excluding hydrogens is 387 g/mol. The van der Waals surface area contributed by atoms with Crippen molar-refractivity contribution in [3.63, 3.8) is 0 Å². The summed E-state index contributed by atoms with van der Waals surface area (Å²) in [6.07, 6.45) is 1.86. The van der Waals surface area contributed by atoms with E-state index in [-0.39, 0.29) is 10.7 Å². The van der Waals surface area contributed by atoms with Gasteiger partial charge >= 0.3 is 13.1 Å². The van der Waals surface area contributed by atoms with Crippen LogP contribution in [0.4, 0.5) is 0 Å². The Balaban J connectivity index is 2.40. The predicted molar refractivity (Wildman–Crippen MR) is 110 cm³/mol. The summed E-state index contributed by atoms with van der Waals surface area (Å²) in [6.45, 7) is 9.41. The van der Waals surface area contributed by atoms with Crippen molar-refractivity contribution in [3.05, 3.63) is 39.8 Å². The second kappa shape index (κ2) is 8.39. The lowest BCUT2D eigenvalue weighted by molar-refractivity contribution is -0.109. The van der Waals surface area contributed by atoms with E-state index in [0.29, 0.717) is 10.8 Å². The summed E-state index contributed by atoms with van der Waals surface area (Å²) in [5.41, 5.74) is 0.838. The third-order valence-corrected chi connectivity index (χ3v) is 5.96. The maximum Gasteiger partial charge on any atom is 0.491 e. The lowest BCUT2D eigenvalue weighted by Crippen LogP contribution is -2.41. The van der Waals surface area contributed by atoms with Crippen LogP contribution in [0.1, 0.15) is 50.5 Å². The van der Waals surface area contributed by atoms with Crippen molar-refractivity contribution >= 4 is 47.6 Å². The van der Waals surface area contributed by atoms with Crippen LogP contribution in [0.15, 0.2) is 23.7 Å². The number of thioether (sulfide) groups is 1. The molecule has 0 radical (unpaired) electrons. The quantitative estimate of drug-likeness (QED) is 0.529. The van der Waals surface area contributed by atoms with E-state index in [1.165, 1.54) is 25.8 Å². The first-order valence-corrected chi connectivity index (χ1v) is 9.90. The number of hydrogen-bond acceptors (Lipinski definition) is 6. The number of esters is 1. The molecule has 2 rings (SSSR count). The fourth-order valence-corrected chi connectivity index (χ4v) is 3.25. The molecular formula is C19H24BClO5S. The molecule has 0 spiro atoms. The van der Waals surface area contributed by atoms with E-state index < -0.39 is 24.3 Å². The van der Waals surface area contributed by atoms with Gasteiger partial charge in [-0.25, -0.2) is 4.79 Å². The van der Waals surface area contributed by atoms with Crippen molar-refractivity contribution < 1.29 is 23.6 Å². The van der Waals surface area contributed by atoms with Crippen molar-refractivity contribution in [3.8, 4) is 0 Å². The molecule has 27 heavy (non-hydrogen) atoms. The van der Waals surface area contributed by atoms with Crippen LogP contribution in [0.3, 0.4) is 0 Å². The first-order chi connectivity index (χ1) is 12.5. The van der Waals surface area contributed by atoms with E-state index >= 15 is 0 Å². The van der Waals surface area contributed by atoms with Gasteiger partial charge in [-0.1, -0.05) is 35.5 Å². The molecule has 1 aromatic carbocycles. The molecule has 0 aliphatic carbocycles. The average molecular weight is 411 g/mol. The second-order valence-electron chi connectivity index (χ2n) is 7.32. The van der Waals surface area contributed by atoms with Gasteiger partial charge < -0.3 is 14.0 Å². The van der Waals surface area contributed by atoms with Crippen LogP contribution in [0.5, 0.6) is 0 Å².